The highest BCUT2D eigenvalue weighted by atomic mass is 16.5. The van der Waals surface area contributed by atoms with Gasteiger partial charge in [0.2, 0.25) is 5.91 Å². The highest BCUT2D eigenvalue weighted by Crippen LogP contribution is 2.24. The van der Waals surface area contributed by atoms with Crippen molar-refractivity contribution in [2.45, 2.75) is 13.0 Å². The summed E-state index contributed by atoms with van der Waals surface area (Å²) in [6.07, 6.45) is 0.0449. The number of methoxy groups -OCH3 is 2. The summed E-state index contributed by atoms with van der Waals surface area (Å²) >= 11 is 0. The van der Waals surface area contributed by atoms with E-state index < -0.39 is 5.91 Å². The first-order chi connectivity index (χ1) is 15.1. The molecule has 0 aromatic heterocycles. The van der Waals surface area contributed by atoms with E-state index in [0.29, 0.717) is 29.2 Å². The van der Waals surface area contributed by atoms with E-state index in [2.05, 4.69) is 10.9 Å². The summed E-state index contributed by atoms with van der Waals surface area (Å²) in [7, 11) is 3.08. The minimum absolute atomic E-state index is 0.0449. The molecule has 0 saturated carbocycles. The molecule has 0 heterocycles. The Morgan fingerprint density at radius 1 is 0.806 bits per heavy atom. The lowest BCUT2D eigenvalue weighted by Gasteiger charge is -2.11. The number of rotatable bonds is 8. The Morgan fingerprint density at radius 2 is 1.55 bits per heavy atom. The van der Waals surface area contributed by atoms with Crippen LogP contribution in [0.25, 0.3) is 0 Å². The Kier molecular flexibility index (Phi) is 7.48. The Labute approximate surface area is 180 Å². The van der Waals surface area contributed by atoms with Crippen molar-refractivity contribution < 1.29 is 23.8 Å². The third-order valence-electron chi connectivity index (χ3n) is 4.53. The van der Waals surface area contributed by atoms with Crippen LogP contribution in [-0.4, -0.2) is 26.0 Å². The van der Waals surface area contributed by atoms with Crippen molar-refractivity contribution in [3.8, 4) is 17.2 Å². The number of carbonyl (C=O) groups is 2. The van der Waals surface area contributed by atoms with E-state index in [1.54, 1.807) is 37.4 Å². The normalized spacial score (nSPS) is 10.1. The van der Waals surface area contributed by atoms with Crippen LogP contribution in [0.1, 0.15) is 21.5 Å². The molecule has 0 aliphatic carbocycles. The number of amides is 2. The van der Waals surface area contributed by atoms with Crippen LogP contribution in [0.15, 0.2) is 72.8 Å². The van der Waals surface area contributed by atoms with E-state index in [9.17, 15) is 9.59 Å². The number of ether oxygens (including phenoxy) is 3. The first kappa shape index (κ1) is 21.7. The second kappa shape index (κ2) is 10.7. The maximum absolute atomic E-state index is 12.3. The van der Waals surface area contributed by atoms with Gasteiger partial charge >= 0.3 is 0 Å². The number of benzene rings is 3. The predicted octanol–water partition coefficient (Wildman–Crippen LogP) is 3.29. The van der Waals surface area contributed by atoms with E-state index >= 15 is 0 Å². The van der Waals surface area contributed by atoms with E-state index in [1.165, 1.54) is 7.11 Å². The van der Waals surface area contributed by atoms with Gasteiger partial charge in [-0.25, -0.2) is 0 Å². The predicted molar refractivity (Wildman–Crippen MR) is 116 cm³/mol. The van der Waals surface area contributed by atoms with Crippen LogP contribution >= 0.6 is 0 Å². The average molecular weight is 420 g/mol. The van der Waals surface area contributed by atoms with Crippen molar-refractivity contribution in [2.24, 2.45) is 0 Å². The molecule has 0 fully saturated rings. The summed E-state index contributed by atoms with van der Waals surface area (Å²) in [4.78, 5) is 24.5. The van der Waals surface area contributed by atoms with Crippen LogP contribution in [0.2, 0.25) is 0 Å². The quantitative estimate of drug-likeness (QED) is 0.546. The Bertz CT molecular complexity index is 1020. The van der Waals surface area contributed by atoms with Gasteiger partial charge in [0.25, 0.3) is 5.91 Å². The molecule has 0 aliphatic heterocycles. The highest BCUT2D eigenvalue weighted by molar-refractivity contribution is 5.95. The molecule has 0 bridgehead atoms. The molecule has 0 unspecified atom stereocenters. The summed E-state index contributed by atoms with van der Waals surface area (Å²) in [6.45, 7) is 0.395. The molecular weight excluding hydrogens is 396 g/mol. The van der Waals surface area contributed by atoms with Gasteiger partial charge in [0.1, 0.15) is 23.9 Å². The van der Waals surface area contributed by atoms with Crippen LogP contribution in [0.5, 0.6) is 17.2 Å². The van der Waals surface area contributed by atoms with Gasteiger partial charge in [0.15, 0.2) is 0 Å². The van der Waals surface area contributed by atoms with Crippen molar-refractivity contribution in [3.63, 3.8) is 0 Å². The fourth-order valence-electron chi connectivity index (χ4n) is 2.85. The molecule has 0 aliphatic rings. The number of hydrogen-bond acceptors (Lipinski definition) is 5. The second-order valence-corrected chi connectivity index (χ2v) is 6.66. The van der Waals surface area contributed by atoms with Crippen LogP contribution < -0.4 is 25.1 Å². The average Bonchev–Trinajstić information content (AvgIpc) is 2.82. The van der Waals surface area contributed by atoms with Crippen molar-refractivity contribution in [1.82, 2.24) is 10.9 Å². The molecule has 7 heteroatoms. The third kappa shape index (κ3) is 6.24. The number of para-hydroxylation sites is 1. The smallest absolute Gasteiger partial charge is 0.269 e. The zero-order chi connectivity index (χ0) is 22.1. The maximum atomic E-state index is 12.3. The van der Waals surface area contributed by atoms with Gasteiger partial charge in [0, 0.05) is 17.2 Å². The molecule has 3 rings (SSSR count). The van der Waals surface area contributed by atoms with Crippen LogP contribution in [0.3, 0.4) is 0 Å². The second-order valence-electron chi connectivity index (χ2n) is 6.66. The molecule has 2 N–H and O–H groups in total. The van der Waals surface area contributed by atoms with Crippen LogP contribution in [0.4, 0.5) is 0 Å². The van der Waals surface area contributed by atoms with Gasteiger partial charge in [0.05, 0.1) is 20.6 Å². The molecule has 3 aromatic rings. The molecular formula is C24H24N2O5. The number of nitrogens with one attached hydrogen (secondary N) is 2. The zero-order valence-corrected chi connectivity index (χ0v) is 17.4. The SMILES string of the molecule is COc1ccc(CC(=O)NNC(=O)c2ccc(COc3ccccc3)cc2)c(OC)c1. The van der Waals surface area contributed by atoms with Crippen molar-refractivity contribution in [1.29, 1.82) is 0 Å². The van der Waals surface area contributed by atoms with Gasteiger partial charge < -0.3 is 14.2 Å². The van der Waals surface area contributed by atoms with Crippen molar-refractivity contribution >= 4 is 11.8 Å². The topological polar surface area (TPSA) is 85.9 Å². The van der Waals surface area contributed by atoms with E-state index in [4.69, 9.17) is 14.2 Å². The standard InChI is InChI=1S/C24H24N2O5/c1-29-21-13-12-19(22(15-21)30-2)14-23(27)25-26-24(28)18-10-8-17(9-11-18)16-31-20-6-4-3-5-7-20/h3-13,15H,14,16H2,1-2H3,(H,25,27)(H,26,28). The summed E-state index contributed by atoms with van der Waals surface area (Å²) < 4.78 is 16.1. The number of carbonyl (C=O) groups excluding carboxylic acids is 2. The van der Waals surface area contributed by atoms with Gasteiger partial charge in [-0.05, 0) is 35.9 Å². The van der Waals surface area contributed by atoms with Gasteiger partial charge in [-0.2, -0.15) is 0 Å². The number of hydrogen-bond donors (Lipinski definition) is 2. The molecule has 2 amide bonds. The Balaban J connectivity index is 1.49. The van der Waals surface area contributed by atoms with E-state index in [1.807, 2.05) is 42.5 Å². The van der Waals surface area contributed by atoms with Gasteiger partial charge in [-0.3, -0.25) is 20.4 Å². The minimum Gasteiger partial charge on any atom is -0.497 e. The minimum atomic E-state index is -0.412. The first-order valence-electron chi connectivity index (χ1n) is 9.66. The largest absolute Gasteiger partial charge is 0.497 e. The molecule has 7 nitrogen and oxygen atoms in total. The summed E-state index contributed by atoms with van der Waals surface area (Å²) in [5.74, 6) is 1.16. The zero-order valence-electron chi connectivity index (χ0n) is 17.4. The molecule has 160 valence electrons. The lowest BCUT2D eigenvalue weighted by Crippen LogP contribution is -2.42. The summed E-state index contributed by atoms with van der Waals surface area (Å²) in [6, 6.07) is 21.7. The van der Waals surface area contributed by atoms with E-state index in [-0.39, 0.29) is 12.3 Å². The van der Waals surface area contributed by atoms with Gasteiger partial charge in [-0.1, -0.05) is 36.4 Å². The molecule has 0 spiro atoms. The highest BCUT2D eigenvalue weighted by Gasteiger charge is 2.12. The van der Waals surface area contributed by atoms with Crippen molar-refractivity contribution in [2.75, 3.05) is 14.2 Å². The fourth-order valence-corrected chi connectivity index (χ4v) is 2.85. The lowest BCUT2D eigenvalue weighted by molar-refractivity contribution is -0.121. The first-order valence-corrected chi connectivity index (χ1v) is 9.66. The maximum Gasteiger partial charge on any atom is 0.269 e. The summed E-state index contributed by atoms with van der Waals surface area (Å²) in [5, 5.41) is 0. The fraction of sp³-hybridized carbons (Fsp3) is 0.167. The van der Waals surface area contributed by atoms with Crippen molar-refractivity contribution in [3.05, 3.63) is 89.5 Å². The van der Waals surface area contributed by atoms with Crippen LogP contribution in [-0.2, 0) is 17.8 Å². The van der Waals surface area contributed by atoms with Gasteiger partial charge in [-0.15, -0.1) is 0 Å². The number of hydrazine groups is 1. The summed E-state index contributed by atoms with van der Waals surface area (Å²) in [5.41, 5.74) is 6.87. The Morgan fingerprint density at radius 3 is 2.23 bits per heavy atom. The third-order valence-corrected chi connectivity index (χ3v) is 4.53. The molecule has 31 heavy (non-hydrogen) atoms. The van der Waals surface area contributed by atoms with E-state index in [0.717, 1.165) is 11.3 Å². The molecule has 3 aromatic carbocycles. The molecule has 0 radical (unpaired) electrons. The Hall–Kier alpha value is -4.00. The molecule has 0 atom stereocenters. The monoisotopic (exact) mass is 420 g/mol. The van der Waals surface area contributed by atoms with Crippen LogP contribution in [0, 0.1) is 0 Å². The molecule has 0 saturated heterocycles. The lowest BCUT2D eigenvalue weighted by atomic mass is 10.1.